The average Bonchev–Trinajstić information content (AvgIpc) is 3.28. The summed E-state index contributed by atoms with van der Waals surface area (Å²) >= 11 is 6.48. The van der Waals surface area contributed by atoms with Gasteiger partial charge in [0.05, 0.1) is 12.6 Å². The Bertz CT molecular complexity index is 799. The van der Waals surface area contributed by atoms with E-state index in [1.54, 1.807) is 11.9 Å². The Kier molecular flexibility index (Phi) is 9.02. The number of amides is 2. The SMILES string of the molecule is CN(C(=O)OC(C)(C)C)C1CCN(CC(=O)NCC(c2ccccc2Cl)N2CCCC2)CC1. The van der Waals surface area contributed by atoms with Gasteiger partial charge in [-0.2, -0.15) is 0 Å². The average molecular weight is 479 g/mol. The minimum absolute atomic E-state index is 0.0326. The number of rotatable bonds is 7. The molecule has 7 nitrogen and oxygen atoms in total. The third kappa shape index (κ3) is 7.59. The second kappa shape index (κ2) is 11.5. The molecule has 0 aliphatic carbocycles. The van der Waals surface area contributed by atoms with Crippen molar-refractivity contribution >= 4 is 23.6 Å². The highest BCUT2D eigenvalue weighted by molar-refractivity contribution is 6.31. The van der Waals surface area contributed by atoms with Crippen molar-refractivity contribution in [1.29, 1.82) is 0 Å². The first kappa shape index (κ1) is 25.8. The lowest BCUT2D eigenvalue weighted by Crippen LogP contribution is -2.49. The molecule has 2 fully saturated rings. The van der Waals surface area contributed by atoms with Crippen molar-refractivity contribution in [2.45, 2.75) is 64.1 Å². The van der Waals surface area contributed by atoms with Gasteiger partial charge in [-0.15, -0.1) is 0 Å². The van der Waals surface area contributed by atoms with Crippen molar-refractivity contribution in [1.82, 2.24) is 20.0 Å². The molecule has 1 unspecified atom stereocenters. The smallest absolute Gasteiger partial charge is 0.410 e. The normalized spacial score (nSPS) is 19.3. The van der Waals surface area contributed by atoms with E-state index in [4.69, 9.17) is 16.3 Å². The van der Waals surface area contributed by atoms with Crippen molar-refractivity contribution in [2.24, 2.45) is 0 Å². The third-order valence-electron chi connectivity index (χ3n) is 6.49. The number of carbonyl (C=O) groups excluding carboxylic acids is 2. The Morgan fingerprint density at radius 3 is 2.39 bits per heavy atom. The zero-order chi connectivity index (χ0) is 24.0. The van der Waals surface area contributed by atoms with Crippen LogP contribution < -0.4 is 5.32 Å². The Labute approximate surface area is 203 Å². The first-order valence-corrected chi connectivity index (χ1v) is 12.4. The highest BCUT2D eigenvalue weighted by atomic mass is 35.5. The van der Waals surface area contributed by atoms with E-state index in [9.17, 15) is 9.59 Å². The van der Waals surface area contributed by atoms with Crippen molar-refractivity contribution in [3.63, 3.8) is 0 Å². The maximum absolute atomic E-state index is 12.7. The van der Waals surface area contributed by atoms with Crippen LogP contribution in [0.4, 0.5) is 4.79 Å². The van der Waals surface area contributed by atoms with E-state index in [1.807, 2.05) is 39.0 Å². The first-order valence-electron chi connectivity index (χ1n) is 12.1. The third-order valence-corrected chi connectivity index (χ3v) is 6.84. The number of piperidine rings is 1. The first-order chi connectivity index (χ1) is 15.6. The molecule has 8 heteroatoms. The van der Waals surface area contributed by atoms with E-state index in [2.05, 4.69) is 21.2 Å². The van der Waals surface area contributed by atoms with Gasteiger partial charge < -0.3 is 15.0 Å². The molecule has 1 N–H and O–H groups in total. The van der Waals surface area contributed by atoms with Crippen molar-refractivity contribution in [3.05, 3.63) is 34.9 Å². The number of carbonyl (C=O) groups is 2. The van der Waals surface area contributed by atoms with Crippen LogP contribution in [-0.2, 0) is 9.53 Å². The molecule has 184 valence electrons. The fourth-order valence-corrected chi connectivity index (χ4v) is 4.91. The van der Waals surface area contributed by atoms with E-state index in [0.29, 0.717) is 13.1 Å². The predicted octanol–water partition coefficient (Wildman–Crippen LogP) is 3.92. The highest BCUT2D eigenvalue weighted by Gasteiger charge is 2.30. The quantitative estimate of drug-likeness (QED) is 0.643. The van der Waals surface area contributed by atoms with Gasteiger partial charge in [-0.1, -0.05) is 29.8 Å². The molecule has 2 aliphatic heterocycles. The van der Waals surface area contributed by atoms with Crippen LogP contribution in [0.2, 0.25) is 5.02 Å². The predicted molar refractivity (Wildman–Crippen MR) is 131 cm³/mol. The molecule has 2 amide bonds. The van der Waals surface area contributed by atoms with Crippen molar-refractivity contribution in [3.8, 4) is 0 Å². The fraction of sp³-hybridized carbons (Fsp3) is 0.680. The molecule has 0 aromatic heterocycles. The molecule has 0 saturated carbocycles. The van der Waals surface area contributed by atoms with Gasteiger partial charge in [0, 0.05) is 37.7 Å². The second-order valence-corrected chi connectivity index (χ2v) is 10.6. The summed E-state index contributed by atoms with van der Waals surface area (Å²) in [6.07, 6.45) is 3.74. The highest BCUT2D eigenvalue weighted by Crippen LogP contribution is 2.29. The molecule has 0 spiro atoms. The van der Waals surface area contributed by atoms with E-state index in [1.165, 1.54) is 12.8 Å². The van der Waals surface area contributed by atoms with Crippen LogP contribution in [-0.4, -0.2) is 84.7 Å². The van der Waals surface area contributed by atoms with Crippen LogP contribution in [0.5, 0.6) is 0 Å². The van der Waals surface area contributed by atoms with Gasteiger partial charge in [-0.05, 0) is 71.2 Å². The lowest BCUT2D eigenvalue weighted by molar-refractivity contribution is -0.122. The molecular weight excluding hydrogens is 440 g/mol. The summed E-state index contributed by atoms with van der Waals surface area (Å²) in [5.74, 6) is 0.0326. The Hall–Kier alpha value is -1.83. The lowest BCUT2D eigenvalue weighted by atomic mass is 10.0. The summed E-state index contributed by atoms with van der Waals surface area (Å²) in [4.78, 5) is 31.3. The van der Waals surface area contributed by atoms with Crippen molar-refractivity contribution < 1.29 is 14.3 Å². The number of ether oxygens (including phenoxy) is 1. The second-order valence-electron chi connectivity index (χ2n) is 10.2. The van der Waals surface area contributed by atoms with E-state index < -0.39 is 5.60 Å². The molecule has 33 heavy (non-hydrogen) atoms. The zero-order valence-electron chi connectivity index (χ0n) is 20.5. The monoisotopic (exact) mass is 478 g/mol. The van der Waals surface area contributed by atoms with Crippen LogP contribution in [0.1, 0.15) is 58.1 Å². The zero-order valence-corrected chi connectivity index (χ0v) is 21.2. The number of benzene rings is 1. The van der Waals surface area contributed by atoms with Crippen LogP contribution >= 0.6 is 11.6 Å². The van der Waals surface area contributed by atoms with Gasteiger partial charge in [0.15, 0.2) is 0 Å². The van der Waals surface area contributed by atoms with Crippen LogP contribution in [0.25, 0.3) is 0 Å². The summed E-state index contributed by atoms with van der Waals surface area (Å²) in [5.41, 5.74) is 0.577. The molecule has 3 rings (SSSR count). The van der Waals surface area contributed by atoms with Crippen LogP contribution in [0.15, 0.2) is 24.3 Å². The standard InChI is InChI=1S/C25H39ClN4O3/c1-25(2,3)33-24(32)28(4)19-11-15-29(16-12-19)18-23(31)27-17-22(30-13-7-8-14-30)20-9-5-6-10-21(20)26/h5-6,9-10,19,22H,7-8,11-18H2,1-4H3,(H,27,31). The molecular formula is C25H39ClN4O3. The summed E-state index contributed by atoms with van der Waals surface area (Å²) in [5, 5.41) is 3.90. The number of hydrogen-bond acceptors (Lipinski definition) is 5. The molecule has 2 aliphatic rings. The maximum Gasteiger partial charge on any atom is 0.410 e. The van der Waals surface area contributed by atoms with Crippen LogP contribution in [0, 0.1) is 0 Å². The van der Waals surface area contributed by atoms with Gasteiger partial charge in [-0.25, -0.2) is 4.79 Å². The minimum atomic E-state index is -0.499. The van der Waals surface area contributed by atoms with Gasteiger partial charge in [0.1, 0.15) is 5.60 Å². The number of likely N-dealkylation sites (tertiary alicyclic amines) is 2. The fourth-order valence-electron chi connectivity index (χ4n) is 4.65. The number of nitrogens with one attached hydrogen (secondary N) is 1. The molecule has 0 radical (unpaired) electrons. The largest absolute Gasteiger partial charge is 0.444 e. The number of nitrogens with zero attached hydrogens (tertiary/aromatic N) is 3. The number of halogens is 1. The van der Waals surface area contributed by atoms with E-state index in [-0.39, 0.29) is 24.1 Å². The van der Waals surface area contributed by atoms with Crippen LogP contribution in [0.3, 0.4) is 0 Å². The van der Waals surface area contributed by atoms with Gasteiger partial charge in [0.2, 0.25) is 5.91 Å². The Morgan fingerprint density at radius 2 is 1.79 bits per heavy atom. The van der Waals surface area contributed by atoms with Gasteiger partial charge >= 0.3 is 6.09 Å². The maximum atomic E-state index is 12.7. The summed E-state index contributed by atoms with van der Waals surface area (Å²) < 4.78 is 5.48. The molecule has 0 bridgehead atoms. The Balaban J connectivity index is 1.47. The molecule has 1 aromatic carbocycles. The van der Waals surface area contributed by atoms with Gasteiger partial charge in [0.25, 0.3) is 0 Å². The molecule has 2 heterocycles. The Morgan fingerprint density at radius 1 is 1.15 bits per heavy atom. The summed E-state index contributed by atoms with van der Waals surface area (Å²) in [6.45, 7) is 10.2. The van der Waals surface area contributed by atoms with E-state index in [0.717, 1.165) is 49.6 Å². The lowest BCUT2D eigenvalue weighted by Gasteiger charge is -2.37. The minimum Gasteiger partial charge on any atom is -0.444 e. The van der Waals surface area contributed by atoms with Crippen molar-refractivity contribution in [2.75, 3.05) is 46.3 Å². The van der Waals surface area contributed by atoms with E-state index >= 15 is 0 Å². The summed E-state index contributed by atoms with van der Waals surface area (Å²) in [6, 6.07) is 8.15. The topological polar surface area (TPSA) is 65.1 Å². The molecule has 1 aromatic rings. The molecule has 1 atom stereocenters. The number of hydrogen-bond donors (Lipinski definition) is 1. The summed E-state index contributed by atoms with van der Waals surface area (Å²) in [7, 11) is 1.80. The molecule has 2 saturated heterocycles. The van der Waals surface area contributed by atoms with Gasteiger partial charge in [-0.3, -0.25) is 14.6 Å².